The monoisotopic (exact) mass is 268 g/mol. The zero-order valence-corrected chi connectivity index (χ0v) is 11.1. The lowest BCUT2D eigenvalue weighted by molar-refractivity contribution is 0.0956. The van der Waals surface area contributed by atoms with Crippen LogP contribution in [0.5, 0.6) is 0 Å². The fourth-order valence-electron chi connectivity index (χ4n) is 2.23. The van der Waals surface area contributed by atoms with Gasteiger partial charge in [0.25, 0.3) is 5.91 Å². The molecule has 2 aromatic rings. The van der Waals surface area contributed by atoms with Crippen LogP contribution in [0.2, 0.25) is 0 Å². The Morgan fingerprint density at radius 2 is 2.10 bits per heavy atom. The molecule has 0 radical (unpaired) electrons. The molecule has 0 bridgehead atoms. The maximum absolute atomic E-state index is 12.1. The van der Waals surface area contributed by atoms with Gasteiger partial charge in [-0.2, -0.15) is 0 Å². The van der Waals surface area contributed by atoms with Crippen LogP contribution in [-0.4, -0.2) is 35.5 Å². The molecule has 2 N–H and O–H groups in total. The Morgan fingerprint density at radius 3 is 2.90 bits per heavy atom. The highest BCUT2D eigenvalue weighted by atomic mass is 16.1. The average molecular weight is 268 g/mol. The van der Waals surface area contributed by atoms with Gasteiger partial charge >= 0.3 is 0 Å². The van der Waals surface area contributed by atoms with Gasteiger partial charge in [0.05, 0.1) is 11.0 Å². The third kappa shape index (κ3) is 2.83. The molecule has 1 aliphatic heterocycles. The van der Waals surface area contributed by atoms with E-state index < -0.39 is 0 Å². The van der Waals surface area contributed by atoms with E-state index in [-0.39, 0.29) is 5.91 Å². The molecular weight excluding hydrogens is 252 g/mol. The van der Waals surface area contributed by atoms with Crippen molar-refractivity contribution in [3.05, 3.63) is 47.8 Å². The normalized spacial score (nSPS) is 14.9. The molecule has 0 atom stereocenters. The van der Waals surface area contributed by atoms with Gasteiger partial charge in [-0.05, 0) is 31.2 Å². The zero-order chi connectivity index (χ0) is 13.8. The Bertz CT molecular complexity index is 666. The molecule has 0 saturated carbocycles. The lowest BCUT2D eigenvalue weighted by Crippen LogP contribution is -2.29. The van der Waals surface area contributed by atoms with Crippen molar-refractivity contribution >= 4 is 16.9 Å². The second-order valence-electron chi connectivity index (χ2n) is 4.76. The van der Waals surface area contributed by atoms with Gasteiger partial charge in [0.1, 0.15) is 0 Å². The Kier molecular flexibility index (Phi) is 3.69. The highest BCUT2D eigenvalue weighted by Gasteiger charge is 2.09. The molecular formula is C15H16N4O. The van der Waals surface area contributed by atoms with E-state index in [1.807, 2.05) is 6.07 Å². The molecule has 20 heavy (non-hydrogen) atoms. The van der Waals surface area contributed by atoms with Crippen LogP contribution in [0.3, 0.4) is 0 Å². The van der Waals surface area contributed by atoms with Crippen molar-refractivity contribution in [3.8, 4) is 0 Å². The van der Waals surface area contributed by atoms with Crippen LogP contribution in [-0.2, 0) is 0 Å². The van der Waals surface area contributed by atoms with Crippen LogP contribution in [0.15, 0.2) is 42.2 Å². The number of aromatic nitrogens is 2. The first-order chi connectivity index (χ1) is 9.83. The van der Waals surface area contributed by atoms with E-state index in [4.69, 9.17) is 0 Å². The standard InChI is InChI=1S/C15H16N4O/c20-15(19-10-11-3-5-16-6-4-11)12-1-2-13-14(9-12)18-8-7-17-13/h1-3,7-9,16H,4-6,10H2,(H,19,20). The van der Waals surface area contributed by atoms with Crippen molar-refractivity contribution in [3.63, 3.8) is 0 Å². The van der Waals surface area contributed by atoms with Crippen molar-refractivity contribution in [2.45, 2.75) is 6.42 Å². The molecule has 102 valence electrons. The highest BCUT2D eigenvalue weighted by molar-refractivity contribution is 5.97. The van der Waals surface area contributed by atoms with Crippen LogP contribution in [0, 0.1) is 0 Å². The summed E-state index contributed by atoms with van der Waals surface area (Å²) in [5.74, 6) is -0.0722. The third-order valence-electron chi connectivity index (χ3n) is 3.37. The fraction of sp³-hybridized carbons (Fsp3) is 0.267. The van der Waals surface area contributed by atoms with E-state index in [2.05, 4.69) is 26.7 Å². The largest absolute Gasteiger partial charge is 0.348 e. The number of benzene rings is 1. The number of nitrogens with one attached hydrogen (secondary N) is 2. The van der Waals surface area contributed by atoms with Gasteiger partial charge in [-0.3, -0.25) is 14.8 Å². The summed E-state index contributed by atoms with van der Waals surface area (Å²) in [6.07, 6.45) is 6.40. The first-order valence-electron chi connectivity index (χ1n) is 6.70. The van der Waals surface area contributed by atoms with E-state index in [9.17, 15) is 4.79 Å². The van der Waals surface area contributed by atoms with Gasteiger partial charge in [-0.1, -0.05) is 11.6 Å². The summed E-state index contributed by atoms with van der Waals surface area (Å²) < 4.78 is 0. The van der Waals surface area contributed by atoms with E-state index >= 15 is 0 Å². The molecule has 0 spiro atoms. The van der Waals surface area contributed by atoms with E-state index in [0.29, 0.717) is 12.1 Å². The fourth-order valence-corrected chi connectivity index (χ4v) is 2.23. The van der Waals surface area contributed by atoms with Crippen molar-refractivity contribution in [2.24, 2.45) is 0 Å². The average Bonchev–Trinajstić information content (AvgIpc) is 2.53. The van der Waals surface area contributed by atoms with Crippen molar-refractivity contribution < 1.29 is 4.79 Å². The minimum Gasteiger partial charge on any atom is -0.348 e. The lowest BCUT2D eigenvalue weighted by Gasteiger charge is -2.14. The van der Waals surface area contributed by atoms with Crippen LogP contribution >= 0.6 is 0 Å². The molecule has 1 aromatic heterocycles. The smallest absolute Gasteiger partial charge is 0.251 e. The first kappa shape index (κ1) is 12.7. The van der Waals surface area contributed by atoms with Crippen LogP contribution < -0.4 is 10.6 Å². The maximum atomic E-state index is 12.1. The lowest BCUT2D eigenvalue weighted by atomic mass is 10.1. The number of hydrogen-bond donors (Lipinski definition) is 2. The molecule has 0 fully saturated rings. The number of rotatable bonds is 3. The number of nitrogens with zero attached hydrogens (tertiary/aromatic N) is 2. The molecule has 1 aliphatic rings. The van der Waals surface area contributed by atoms with Gasteiger partial charge in [0.2, 0.25) is 0 Å². The molecule has 1 amide bonds. The number of hydrogen-bond acceptors (Lipinski definition) is 4. The molecule has 3 rings (SSSR count). The van der Waals surface area contributed by atoms with Crippen LogP contribution in [0.4, 0.5) is 0 Å². The van der Waals surface area contributed by atoms with Gasteiger partial charge < -0.3 is 10.6 Å². The van der Waals surface area contributed by atoms with E-state index in [0.717, 1.165) is 30.5 Å². The second kappa shape index (κ2) is 5.79. The predicted molar refractivity (Wildman–Crippen MR) is 77.4 cm³/mol. The summed E-state index contributed by atoms with van der Waals surface area (Å²) in [6.45, 7) is 2.48. The number of fused-ring (bicyclic) bond motifs is 1. The minimum atomic E-state index is -0.0722. The molecule has 0 saturated heterocycles. The third-order valence-corrected chi connectivity index (χ3v) is 3.37. The Morgan fingerprint density at radius 1 is 1.25 bits per heavy atom. The summed E-state index contributed by atoms with van der Waals surface area (Å²) >= 11 is 0. The first-order valence-corrected chi connectivity index (χ1v) is 6.70. The molecule has 2 heterocycles. The minimum absolute atomic E-state index is 0.0722. The van der Waals surface area contributed by atoms with Crippen molar-refractivity contribution in [1.82, 2.24) is 20.6 Å². The maximum Gasteiger partial charge on any atom is 0.251 e. The summed E-state index contributed by atoms with van der Waals surface area (Å²) in [4.78, 5) is 20.5. The van der Waals surface area contributed by atoms with E-state index in [1.165, 1.54) is 5.57 Å². The molecule has 0 aliphatic carbocycles. The Labute approximate surface area is 117 Å². The molecule has 5 nitrogen and oxygen atoms in total. The van der Waals surface area contributed by atoms with E-state index in [1.54, 1.807) is 24.5 Å². The predicted octanol–water partition coefficient (Wildman–Crippen LogP) is 1.28. The van der Waals surface area contributed by atoms with Crippen molar-refractivity contribution in [2.75, 3.05) is 19.6 Å². The van der Waals surface area contributed by atoms with Gasteiger partial charge in [-0.15, -0.1) is 0 Å². The van der Waals surface area contributed by atoms with Gasteiger partial charge in [-0.25, -0.2) is 0 Å². The zero-order valence-electron chi connectivity index (χ0n) is 11.1. The Balaban J connectivity index is 1.70. The number of carbonyl (C=O) groups excluding carboxylic acids is 1. The quantitative estimate of drug-likeness (QED) is 0.823. The topological polar surface area (TPSA) is 66.9 Å². The van der Waals surface area contributed by atoms with Crippen molar-refractivity contribution in [1.29, 1.82) is 0 Å². The summed E-state index contributed by atoms with van der Waals surface area (Å²) in [5.41, 5.74) is 3.43. The number of carbonyl (C=O) groups is 1. The van der Waals surface area contributed by atoms with Gasteiger partial charge in [0, 0.05) is 31.0 Å². The highest BCUT2D eigenvalue weighted by Crippen LogP contribution is 2.11. The van der Waals surface area contributed by atoms with Crippen LogP contribution in [0.25, 0.3) is 11.0 Å². The summed E-state index contributed by atoms with van der Waals surface area (Å²) in [6, 6.07) is 5.37. The second-order valence-corrected chi connectivity index (χ2v) is 4.76. The number of amides is 1. The van der Waals surface area contributed by atoms with Gasteiger partial charge in [0.15, 0.2) is 0 Å². The molecule has 1 aromatic carbocycles. The Hall–Kier alpha value is -2.27. The van der Waals surface area contributed by atoms with Crippen LogP contribution in [0.1, 0.15) is 16.8 Å². The summed E-state index contributed by atoms with van der Waals surface area (Å²) in [7, 11) is 0. The SMILES string of the molecule is O=C(NCC1=CCNCC1)c1ccc2nccnc2c1. The molecule has 0 unspecified atom stereocenters. The summed E-state index contributed by atoms with van der Waals surface area (Å²) in [5, 5.41) is 6.20. The molecule has 5 heteroatoms.